The van der Waals surface area contributed by atoms with Gasteiger partial charge in [-0.2, -0.15) is 5.10 Å². The predicted octanol–water partition coefficient (Wildman–Crippen LogP) is 3.43. The molecule has 1 aromatic heterocycles. The van der Waals surface area contributed by atoms with Crippen LogP contribution in [-0.4, -0.2) is 9.78 Å². The van der Waals surface area contributed by atoms with Gasteiger partial charge in [0.2, 0.25) is 0 Å². The molecule has 4 heteroatoms. The Bertz CT molecular complexity index is 683. The van der Waals surface area contributed by atoms with Crippen LogP contribution in [0.15, 0.2) is 53.1 Å². The molecule has 0 aliphatic carbocycles. The topological polar surface area (TPSA) is 43.8 Å². The number of para-hydroxylation sites is 1. The molecule has 3 nitrogen and oxygen atoms in total. The number of nitrogens with zero attached hydrogens (tertiary/aromatic N) is 2. The molecule has 0 atom stereocenters. The van der Waals surface area contributed by atoms with E-state index in [1.165, 1.54) is 0 Å². The maximum atomic E-state index is 5.84. The summed E-state index contributed by atoms with van der Waals surface area (Å²) in [4.78, 5) is 0. The van der Waals surface area contributed by atoms with Crippen molar-refractivity contribution in [2.75, 3.05) is 5.73 Å². The molecule has 0 radical (unpaired) electrons. The molecule has 3 aromatic rings. The normalized spacial score (nSPS) is 10.9. The average Bonchev–Trinajstić information content (AvgIpc) is 2.72. The van der Waals surface area contributed by atoms with E-state index in [0.29, 0.717) is 0 Å². The van der Waals surface area contributed by atoms with Gasteiger partial charge in [-0.05, 0) is 29.8 Å². The van der Waals surface area contributed by atoms with Crippen molar-refractivity contribution < 1.29 is 0 Å². The van der Waals surface area contributed by atoms with E-state index in [2.05, 4.69) is 39.2 Å². The number of benzene rings is 2. The maximum absolute atomic E-state index is 5.84. The van der Waals surface area contributed by atoms with Crippen molar-refractivity contribution in [2.24, 2.45) is 0 Å². The molecule has 3 rings (SSSR count). The lowest BCUT2D eigenvalue weighted by Crippen LogP contribution is -2.02. The van der Waals surface area contributed by atoms with Gasteiger partial charge in [0.15, 0.2) is 0 Å². The molecule has 0 amide bonds. The van der Waals surface area contributed by atoms with Crippen LogP contribution in [0.1, 0.15) is 5.56 Å². The smallest absolute Gasteiger partial charge is 0.0686 e. The van der Waals surface area contributed by atoms with Gasteiger partial charge in [0.25, 0.3) is 0 Å². The maximum Gasteiger partial charge on any atom is 0.0686 e. The van der Waals surface area contributed by atoms with Crippen molar-refractivity contribution >= 4 is 32.5 Å². The molecule has 0 aliphatic rings. The third kappa shape index (κ3) is 2.11. The zero-order valence-electron chi connectivity index (χ0n) is 9.68. The van der Waals surface area contributed by atoms with Crippen molar-refractivity contribution in [3.63, 3.8) is 0 Å². The first-order valence-electron chi connectivity index (χ1n) is 5.68. The Morgan fingerprint density at radius 3 is 2.83 bits per heavy atom. The number of nitrogens with two attached hydrogens (primary N) is 1. The number of anilines is 1. The fourth-order valence-corrected chi connectivity index (χ4v) is 2.65. The largest absolute Gasteiger partial charge is 0.399 e. The number of hydrogen-bond acceptors (Lipinski definition) is 2. The third-order valence-corrected chi connectivity index (χ3v) is 3.32. The van der Waals surface area contributed by atoms with Crippen LogP contribution in [0, 0.1) is 0 Å². The Hall–Kier alpha value is -1.81. The molecule has 0 saturated carbocycles. The fraction of sp³-hybridized carbons (Fsp3) is 0.0714. The second-order valence-electron chi connectivity index (χ2n) is 4.25. The zero-order chi connectivity index (χ0) is 12.5. The minimum absolute atomic E-state index is 0.719. The standard InChI is InChI=1S/C14H12BrN3/c15-12-5-10(6-13(16)7-12)9-18-14-4-2-1-3-11(14)8-17-18/h1-8H,9,16H2. The van der Waals surface area contributed by atoms with E-state index in [1.807, 2.05) is 35.1 Å². The van der Waals surface area contributed by atoms with Gasteiger partial charge >= 0.3 is 0 Å². The van der Waals surface area contributed by atoms with Crippen LogP contribution >= 0.6 is 15.9 Å². The second kappa shape index (κ2) is 4.46. The third-order valence-electron chi connectivity index (χ3n) is 2.86. The summed E-state index contributed by atoms with van der Waals surface area (Å²) >= 11 is 3.46. The van der Waals surface area contributed by atoms with Gasteiger partial charge in [-0.1, -0.05) is 34.1 Å². The number of hydrogen-bond donors (Lipinski definition) is 1. The Kier molecular flexibility index (Phi) is 2.80. The van der Waals surface area contributed by atoms with E-state index in [-0.39, 0.29) is 0 Å². The number of nitrogen functional groups attached to an aromatic ring is 1. The van der Waals surface area contributed by atoms with E-state index in [9.17, 15) is 0 Å². The van der Waals surface area contributed by atoms with Crippen LogP contribution in [-0.2, 0) is 6.54 Å². The Morgan fingerprint density at radius 2 is 2.00 bits per heavy atom. The highest BCUT2D eigenvalue weighted by Gasteiger charge is 2.03. The van der Waals surface area contributed by atoms with Gasteiger partial charge in [0, 0.05) is 15.5 Å². The summed E-state index contributed by atoms with van der Waals surface area (Å²) in [6.07, 6.45) is 1.89. The summed E-state index contributed by atoms with van der Waals surface area (Å²) in [5, 5.41) is 5.56. The number of aromatic nitrogens is 2. The summed E-state index contributed by atoms with van der Waals surface area (Å²) in [6, 6.07) is 14.1. The monoisotopic (exact) mass is 301 g/mol. The molecule has 90 valence electrons. The molecular formula is C14H12BrN3. The van der Waals surface area contributed by atoms with Crippen LogP contribution in [0.25, 0.3) is 10.9 Å². The lowest BCUT2D eigenvalue weighted by molar-refractivity contribution is 0.712. The summed E-state index contributed by atoms with van der Waals surface area (Å²) in [6.45, 7) is 0.719. The van der Waals surface area contributed by atoms with Gasteiger partial charge in [0.05, 0.1) is 18.3 Å². The summed E-state index contributed by atoms with van der Waals surface area (Å²) < 4.78 is 2.98. The highest BCUT2D eigenvalue weighted by Crippen LogP contribution is 2.20. The van der Waals surface area contributed by atoms with Crippen molar-refractivity contribution in [1.82, 2.24) is 9.78 Å². The molecule has 0 bridgehead atoms. The van der Waals surface area contributed by atoms with E-state index in [0.717, 1.165) is 33.2 Å². The van der Waals surface area contributed by atoms with Crippen molar-refractivity contribution in [2.45, 2.75) is 6.54 Å². The van der Waals surface area contributed by atoms with Crippen LogP contribution in [0.2, 0.25) is 0 Å². The first kappa shape index (κ1) is 11.3. The number of halogens is 1. The highest BCUT2D eigenvalue weighted by atomic mass is 79.9. The molecule has 0 unspecified atom stereocenters. The van der Waals surface area contributed by atoms with E-state index < -0.39 is 0 Å². The molecule has 2 N–H and O–H groups in total. The molecule has 18 heavy (non-hydrogen) atoms. The highest BCUT2D eigenvalue weighted by molar-refractivity contribution is 9.10. The minimum Gasteiger partial charge on any atom is -0.399 e. The lowest BCUT2D eigenvalue weighted by Gasteiger charge is -2.06. The van der Waals surface area contributed by atoms with Crippen LogP contribution in [0.3, 0.4) is 0 Å². The summed E-state index contributed by atoms with van der Waals surface area (Å²) in [7, 11) is 0. The molecule has 0 aliphatic heterocycles. The Labute approximate surface area is 113 Å². The first-order chi connectivity index (χ1) is 8.72. The van der Waals surface area contributed by atoms with Crippen molar-refractivity contribution in [3.05, 3.63) is 58.7 Å². The van der Waals surface area contributed by atoms with Gasteiger partial charge in [-0.15, -0.1) is 0 Å². The SMILES string of the molecule is Nc1cc(Br)cc(Cn2ncc3ccccc32)c1. The second-order valence-corrected chi connectivity index (χ2v) is 5.17. The molecule has 0 spiro atoms. The van der Waals surface area contributed by atoms with Crippen LogP contribution < -0.4 is 5.73 Å². The fourth-order valence-electron chi connectivity index (χ4n) is 2.09. The van der Waals surface area contributed by atoms with Gasteiger partial charge < -0.3 is 5.73 Å². The predicted molar refractivity (Wildman–Crippen MR) is 77.4 cm³/mol. The Morgan fingerprint density at radius 1 is 1.17 bits per heavy atom. The first-order valence-corrected chi connectivity index (χ1v) is 6.47. The Balaban J connectivity index is 2.01. The quantitative estimate of drug-likeness (QED) is 0.737. The minimum atomic E-state index is 0.719. The number of fused-ring (bicyclic) bond motifs is 1. The van der Waals surface area contributed by atoms with Gasteiger partial charge in [-0.25, -0.2) is 0 Å². The lowest BCUT2D eigenvalue weighted by atomic mass is 10.2. The average molecular weight is 302 g/mol. The summed E-state index contributed by atoms with van der Waals surface area (Å²) in [5.74, 6) is 0. The van der Waals surface area contributed by atoms with E-state index in [4.69, 9.17) is 5.73 Å². The molecular weight excluding hydrogens is 290 g/mol. The molecule has 1 heterocycles. The van der Waals surface area contributed by atoms with Crippen molar-refractivity contribution in [1.29, 1.82) is 0 Å². The zero-order valence-corrected chi connectivity index (χ0v) is 11.3. The van der Waals surface area contributed by atoms with E-state index >= 15 is 0 Å². The number of rotatable bonds is 2. The summed E-state index contributed by atoms with van der Waals surface area (Å²) in [5.41, 5.74) is 8.87. The molecule has 0 fully saturated rings. The van der Waals surface area contributed by atoms with Gasteiger partial charge in [-0.3, -0.25) is 4.68 Å². The van der Waals surface area contributed by atoms with Gasteiger partial charge in [0.1, 0.15) is 0 Å². The molecule has 0 saturated heterocycles. The van der Waals surface area contributed by atoms with E-state index in [1.54, 1.807) is 0 Å². The van der Waals surface area contributed by atoms with Crippen LogP contribution in [0.5, 0.6) is 0 Å². The van der Waals surface area contributed by atoms with Crippen molar-refractivity contribution in [3.8, 4) is 0 Å². The van der Waals surface area contributed by atoms with Crippen LogP contribution in [0.4, 0.5) is 5.69 Å². The molecule has 2 aromatic carbocycles.